The largest absolute Gasteiger partial charge is 0.381 e. The third-order valence-electron chi connectivity index (χ3n) is 1.14. The zero-order chi connectivity index (χ0) is 7.66. The first-order valence-corrected chi connectivity index (χ1v) is 3.90. The number of ether oxygens (including phenoxy) is 1. The fourth-order valence-electron chi connectivity index (χ4n) is 0.648. The molecule has 0 fully saturated rings. The SMILES string of the molecule is CCCOCCCNCN. The van der Waals surface area contributed by atoms with Crippen molar-refractivity contribution >= 4 is 0 Å². The van der Waals surface area contributed by atoms with Gasteiger partial charge >= 0.3 is 0 Å². The van der Waals surface area contributed by atoms with E-state index < -0.39 is 0 Å². The van der Waals surface area contributed by atoms with E-state index in [4.69, 9.17) is 10.5 Å². The van der Waals surface area contributed by atoms with E-state index in [1.807, 2.05) is 0 Å². The van der Waals surface area contributed by atoms with Gasteiger partial charge in [0.15, 0.2) is 0 Å². The monoisotopic (exact) mass is 146 g/mol. The fourth-order valence-corrected chi connectivity index (χ4v) is 0.648. The minimum Gasteiger partial charge on any atom is -0.381 e. The molecule has 0 heterocycles. The Morgan fingerprint density at radius 2 is 2.20 bits per heavy atom. The standard InChI is InChI=1S/C7H18N2O/c1-2-5-10-6-3-4-9-7-8/h9H,2-8H2,1H3. The summed E-state index contributed by atoms with van der Waals surface area (Å²) in [6.45, 7) is 5.36. The van der Waals surface area contributed by atoms with Crippen LogP contribution in [0.3, 0.4) is 0 Å². The van der Waals surface area contributed by atoms with Crippen molar-refractivity contribution in [3.05, 3.63) is 0 Å². The van der Waals surface area contributed by atoms with E-state index in [0.717, 1.165) is 32.6 Å². The summed E-state index contributed by atoms with van der Waals surface area (Å²) in [5, 5.41) is 3.02. The minimum atomic E-state index is 0.563. The van der Waals surface area contributed by atoms with Crippen molar-refractivity contribution in [2.45, 2.75) is 19.8 Å². The maximum Gasteiger partial charge on any atom is 0.0478 e. The topological polar surface area (TPSA) is 47.3 Å². The smallest absolute Gasteiger partial charge is 0.0478 e. The Morgan fingerprint density at radius 3 is 2.80 bits per heavy atom. The van der Waals surface area contributed by atoms with E-state index in [1.165, 1.54) is 0 Å². The van der Waals surface area contributed by atoms with Gasteiger partial charge in [0.1, 0.15) is 0 Å². The van der Waals surface area contributed by atoms with Gasteiger partial charge in [-0.3, -0.25) is 0 Å². The Hall–Kier alpha value is -0.120. The molecule has 0 aliphatic carbocycles. The van der Waals surface area contributed by atoms with Crippen LogP contribution in [-0.4, -0.2) is 26.4 Å². The highest BCUT2D eigenvalue weighted by Gasteiger charge is 1.85. The average molecular weight is 146 g/mol. The molecule has 0 aliphatic rings. The molecule has 0 radical (unpaired) electrons. The summed E-state index contributed by atoms with van der Waals surface area (Å²) in [6, 6.07) is 0. The molecule has 0 amide bonds. The van der Waals surface area contributed by atoms with Crippen molar-refractivity contribution in [1.29, 1.82) is 0 Å². The van der Waals surface area contributed by atoms with E-state index in [0.29, 0.717) is 6.67 Å². The predicted molar refractivity (Wildman–Crippen MR) is 42.8 cm³/mol. The van der Waals surface area contributed by atoms with Crippen LogP contribution in [0.15, 0.2) is 0 Å². The summed E-state index contributed by atoms with van der Waals surface area (Å²) >= 11 is 0. The molecule has 3 N–H and O–H groups in total. The second-order valence-corrected chi connectivity index (χ2v) is 2.17. The molecule has 0 rings (SSSR count). The minimum absolute atomic E-state index is 0.563. The summed E-state index contributed by atoms with van der Waals surface area (Å²) in [4.78, 5) is 0. The lowest BCUT2D eigenvalue weighted by Gasteiger charge is -2.01. The first-order chi connectivity index (χ1) is 4.91. The van der Waals surface area contributed by atoms with Crippen LogP contribution in [0.5, 0.6) is 0 Å². The highest BCUT2D eigenvalue weighted by molar-refractivity contribution is 4.41. The maximum atomic E-state index is 5.25. The highest BCUT2D eigenvalue weighted by Crippen LogP contribution is 1.82. The molecule has 0 aromatic carbocycles. The van der Waals surface area contributed by atoms with Crippen molar-refractivity contribution in [2.24, 2.45) is 5.73 Å². The van der Waals surface area contributed by atoms with Crippen molar-refractivity contribution in [2.75, 3.05) is 26.4 Å². The normalized spacial score (nSPS) is 10.2. The van der Waals surface area contributed by atoms with Crippen LogP contribution in [0.25, 0.3) is 0 Å². The Labute approximate surface area is 62.9 Å². The maximum absolute atomic E-state index is 5.25. The molecule has 0 bridgehead atoms. The zero-order valence-corrected chi connectivity index (χ0v) is 6.73. The van der Waals surface area contributed by atoms with Crippen LogP contribution in [0, 0.1) is 0 Å². The van der Waals surface area contributed by atoms with Crippen molar-refractivity contribution in [3.63, 3.8) is 0 Å². The van der Waals surface area contributed by atoms with Crippen molar-refractivity contribution < 1.29 is 4.74 Å². The van der Waals surface area contributed by atoms with E-state index in [1.54, 1.807) is 0 Å². The van der Waals surface area contributed by atoms with Crippen LogP contribution < -0.4 is 11.1 Å². The van der Waals surface area contributed by atoms with Gasteiger partial charge in [0.2, 0.25) is 0 Å². The Balaban J connectivity index is 2.65. The third-order valence-corrected chi connectivity index (χ3v) is 1.14. The third kappa shape index (κ3) is 7.88. The summed E-state index contributed by atoms with van der Waals surface area (Å²) in [5.41, 5.74) is 5.22. The van der Waals surface area contributed by atoms with E-state index in [9.17, 15) is 0 Å². The molecule has 0 unspecified atom stereocenters. The molecule has 0 spiro atoms. The lowest BCUT2D eigenvalue weighted by Crippen LogP contribution is -2.24. The Kier molecular flexibility index (Phi) is 8.77. The van der Waals surface area contributed by atoms with Gasteiger partial charge in [0.05, 0.1) is 0 Å². The summed E-state index contributed by atoms with van der Waals surface area (Å²) in [6.07, 6.45) is 2.15. The summed E-state index contributed by atoms with van der Waals surface area (Å²) < 4.78 is 5.25. The molecule has 0 atom stereocenters. The highest BCUT2D eigenvalue weighted by atomic mass is 16.5. The van der Waals surface area contributed by atoms with Crippen LogP contribution in [-0.2, 0) is 4.74 Å². The molecule has 62 valence electrons. The van der Waals surface area contributed by atoms with Crippen LogP contribution in [0.2, 0.25) is 0 Å². The molecule has 10 heavy (non-hydrogen) atoms. The Bertz CT molecular complexity index is 51.6. The molecular weight excluding hydrogens is 128 g/mol. The van der Waals surface area contributed by atoms with Crippen LogP contribution in [0.1, 0.15) is 19.8 Å². The molecule has 0 aromatic heterocycles. The first-order valence-electron chi connectivity index (χ1n) is 3.90. The second-order valence-electron chi connectivity index (χ2n) is 2.17. The summed E-state index contributed by atoms with van der Waals surface area (Å²) in [5.74, 6) is 0. The lowest BCUT2D eigenvalue weighted by molar-refractivity contribution is 0.132. The lowest BCUT2D eigenvalue weighted by atomic mass is 10.4. The van der Waals surface area contributed by atoms with Gasteiger partial charge in [-0.05, 0) is 19.4 Å². The quantitative estimate of drug-likeness (QED) is 0.401. The number of nitrogens with two attached hydrogens (primary N) is 1. The number of rotatable bonds is 7. The zero-order valence-electron chi connectivity index (χ0n) is 6.73. The van der Waals surface area contributed by atoms with Gasteiger partial charge < -0.3 is 15.8 Å². The first kappa shape index (κ1) is 9.88. The fraction of sp³-hybridized carbons (Fsp3) is 1.00. The van der Waals surface area contributed by atoms with Crippen molar-refractivity contribution in [3.8, 4) is 0 Å². The van der Waals surface area contributed by atoms with Gasteiger partial charge in [-0.15, -0.1) is 0 Å². The van der Waals surface area contributed by atoms with Gasteiger partial charge in [-0.1, -0.05) is 6.92 Å². The molecule has 0 aromatic rings. The van der Waals surface area contributed by atoms with E-state index >= 15 is 0 Å². The average Bonchev–Trinajstić information content (AvgIpc) is 1.97. The van der Waals surface area contributed by atoms with Gasteiger partial charge in [-0.25, -0.2) is 0 Å². The molecule has 0 saturated heterocycles. The van der Waals surface area contributed by atoms with Gasteiger partial charge in [-0.2, -0.15) is 0 Å². The summed E-state index contributed by atoms with van der Waals surface area (Å²) in [7, 11) is 0. The molecule has 3 nitrogen and oxygen atoms in total. The van der Waals surface area contributed by atoms with E-state index in [2.05, 4.69) is 12.2 Å². The van der Waals surface area contributed by atoms with Crippen LogP contribution >= 0.6 is 0 Å². The van der Waals surface area contributed by atoms with E-state index in [-0.39, 0.29) is 0 Å². The van der Waals surface area contributed by atoms with Gasteiger partial charge in [0, 0.05) is 19.9 Å². The van der Waals surface area contributed by atoms with Crippen molar-refractivity contribution in [1.82, 2.24) is 5.32 Å². The number of hydrogen-bond donors (Lipinski definition) is 2. The molecule has 0 aliphatic heterocycles. The molecular formula is C7H18N2O. The number of nitrogens with one attached hydrogen (secondary N) is 1. The second kappa shape index (κ2) is 8.88. The number of hydrogen-bond acceptors (Lipinski definition) is 3. The molecule has 0 saturated carbocycles. The molecule has 3 heteroatoms. The van der Waals surface area contributed by atoms with Gasteiger partial charge in [0.25, 0.3) is 0 Å². The van der Waals surface area contributed by atoms with Crippen LogP contribution in [0.4, 0.5) is 0 Å². The predicted octanol–water partition coefficient (Wildman–Crippen LogP) is 0.309. The Morgan fingerprint density at radius 1 is 1.40 bits per heavy atom.